The summed E-state index contributed by atoms with van der Waals surface area (Å²) in [6, 6.07) is 25.4. The number of furan rings is 1. The van der Waals surface area contributed by atoms with Gasteiger partial charge in [0, 0.05) is 16.8 Å². The Hall–Kier alpha value is -4.43. The first-order valence-electron chi connectivity index (χ1n) is 11.1. The van der Waals surface area contributed by atoms with Crippen molar-refractivity contribution in [3.8, 4) is 22.3 Å². The Morgan fingerprint density at radius 1 is 1.00 bits per heavy atom. The number of amides is 1. The normalized spacial score (nSPS) is 11.2. The van der Waals surface area contributed by atoms with Gasteiger partial charge in [0.15, 0.2) is 12.4 Å². The number of fused-ring (bicyclic) bond motifs is 2. The molecule has 0 unspecified atom stereocenters. The van der Waals surface area contributed by atoms with E-state index in [2.05, 4.69) is 10.4 Å². The van der Waals surface area contributed by atoms with Gasteiger partial charge in [-0.15, -0.1) is 11.3 Å². The Morgan fingerprint density at radius 3 is 2.66 bits per heavy atom. The standard InChI is InChI=1S/C27H20N4O3S/c1-17-12-25(29-26(32)15-33-21-11-10-18-6-2-3-7-19(18)13-21)31(30-17)27-28-22(16-35-27)24-14-20-8-4-5-9-23(20)34-24/h2-14,16H,15H2,1H3,(H,29,32). The van der Waals surface area contributed by atoms with E-state index in [9.17, 15) is 4.79 Å². The molecule has 172 valence electrons. The summed E-state index contributed by atoms with van der Waals surface area (Å²) in [7, 11) is 0. The summed E-state index contributed by atoms with van der Waals surface area (Å²) in [6.45, 7) is 1.75. The zero-order valence-electron chi connectivity index (χ0n) is 18.8. The highest BCUT2D eigenvalue weighted by Gasteiger charge is 2.16. The van der Waals surface area contributed by atoms with Crippen LogP contribution < -0.4 is 10.1 Å². The van der Waals surface area contributed by atoms with Gasteiger partial charge in [0.05, 0.1) is 5.69 Å². The SMILES string of the molecule is Cc1cc(NC(=O)COc2ccc3ccccc3c2)n(-c2nc(-c3cc4ccccc4o3)cs2)n1. The fourth-order valence-electron chi connectivity index (χ4n) is 3.90. The van der Waals surface area contributed by atoms with E-state index in [1.165, 1.54) is 11.3 Å². The second kappa shape index (κ2) is 8.73. The second-order valence-corrected chi connectivity index (χ2v) is 8.93. The number of benzene rings is 3. The van der Waals surface area contributed by atoms with Crippen LogP contribution in [0.25, 0.3) is 38.3 Å². The van der Waals surface area contributed by atoms with Gasteiger partial charge in [-0.25, -0.2) is 4.98 Å². The lowest BCUT2D eigenvalue weighted by molar-refractivity contribution is -0.118. The van der Waals surface area contributed by atoms with E-state index in [1.807, 2.05) is 85.1 Å². The van der Waals surface area contributed by atoms with Gasteiger partial charge in [0.25, 0.3) is 5.91 Å². The highest BCUT2D eigenvalue weighted by molar-refractivity contribution is 7.12. The summed E-state index contributed by atoms with van der Waals surface area (Å²) in [5.74, 6) is 1.57. The first kappa shape index (κ1) is 21.1. The average Bonchev–Trinajstić information content (AvgIpc) is 3.60. The molecule has 35 heavy (non-hydrogen) atoms. The molecule has 3 heterocycles. The van der Waals surface area contributed by atoms with Gasteiger partial charge in [0.1, 0.15) is 22.8 Å². The van der Waals surface area contributed by atoms with Crippen molar-refractivity contribution in [3.63, 3.8) is 0 Å². The van der Waals surface area contributed by atoms with E-state index in [0.29, 0.717) is 28.2 Å². The predicted octanol–water partition coefficient (Wildman–Crippen LogP) is 6.22. The van der Waals surface area contributed by atoms with Crippen molar-refractivity contribution in [1.29, 1.82) is 0 Å². The molecule has 0 saturated heterocycles. The van der Waals surface area contributed by atoms with Crippen LogP contribution in [-0.4, -0.2) is 27.3 Å². The molecule has 0 aliphatic carbocycles. The van der Waals surface area contributed by atoms with E-state index in [0.717, 1.165) is 27.4 Å². The van der Waals surface area contributed by atoms with Crippen LogP contribution in [-0.2, 0) is 4.79 Å². The van der Waals surface area contributed by atoms with Gasteiger partial charge in [-0.2, -0.15) is 9.78 Å². The van der Waals surface area contributed by atoms with Crippen LogP contribution in [0.15, 0.2) is 88.7 Å². The number of thiazole rings is 1. The van der Waals surface area contributed by atoms with Gasteiger partial charge in [-0.1, -0.05) is 48.5 Å². The molecular weight excluding hydrogens is 460 g/mol. The number of aryl methyl sites for hydroxylation is 1. The molecule has 0 atom stereocenters. The number of carbonyl (C=O) groups excluding carboxylic acids is 1. The predicted molar refractivity (Wildman–Crippen MR) is 137 cm³/mol. The van der Waals surface area contributed by atoms with Gasteiger partial charge in [-0.3, -0.25) is 4.79 Å². The zero-order chi connectivity index (χ0) is 23.8. The van der Waals surface area contributed by atoms with Crippen molar-refractivity contribution in [2.24, 2.45) is 0 Å². The van der Waals surface area contributed by atoms with Gasteiger partial charge in [-0.05, 0) is 42.0 Å². The van der Waals surface area contributed by atoms with E-state index in [1.54, 1.807) is 10.7 Å². The van der Waals surface area contributed by atoms with Crippen molar-refractivity contribution < 1.29 is 13.9 Å². The lowest BCUT2D eigenvalue weighted by Gasteiger charge is -2.09. The number of rotatable bonds is 6. The number of carbonyl (C=O) groups is 1. The molecule has 3 aromatic heterocycles. The fraction of sp³-hybridized carbons (Fsp3) is 0.0741. The van der Waals surface area contributed by atoms with Crippen LogP contribution in [0.1, 0.15) is 5.69 Å². The minimum Gasteiger partial charge on any atom is -0.484 e. The van der Waals surface area contributed by atoms with Crippen molar-refractivity contribution in [2.45, 2.75) is 6.92 Å². The Kier molecular flexibility index (Phi) is 5.27. The molecule has 0 radical (unpaired) electrons. The molecule has 1 amide bonds. The lowest BCUT2D eigenvalue weighted by atomic mass is 10.1. The fourth-order valence-corrected chi connectivity index (χ4v) is 4.68. The Balaban J connectivity index is 1.18. The number of aromatic nitrogens is 3. The summed E-state index contributed by atoms with van der Waals surface area (Å²) in [4.78, 5) is 17.4. The topological polar surface area (TPSA) is 82.2 Å². The Bertz CT molecular complexity index is 1650. The molecule has 3 aromatic carbocycles. The van der Waals surface area contributed by atoms with E-state index < -0.39 is 0 Å². The van der Waals surface area contributed by atoms with E-state index >= 15 is 0 Å². The van der Waals surface area contributed by atoms with Crippen LogP contribution in [0.3, 0.4) is 0 Å². The molecule has 0 aliphatic heterocycles. The molecule has 6 aromatic rings. The minimum absolute atomic E-state index is 0.120. The van der Waals surface area contributed by atoms with Gasteiger partial charge in [0.2, 0.25) is 5.13 Å². The number of anilines is 1. The summed E-state index contributed by atoms with van der Waals surface area (Å²) < 4.78 is 13.3. The summed E-state index contributed by atoms with van der Waals surface area (Å²) in [5, 5.41) is 13.1. The minimum atomic E-state index is -0.284. The summed E-state index contributed by atoms with van der Waals surface area (Å²) in [6.07, 6.45) is 0. The smallest absolute Gasteiger partial charge is 0.263 e. The third-order valence-corrected chi connectivity index (χ3v) is 6.36. The number of para-hydroxylation sites is 1. The molecule has 0 bridgehead atoms. The van der Waals surface area contributed by atoms with Gasteiger partial charge < -0.3 is 14.5 Å². The van der Waals surface area contributed by atoms with E-state index in [-0.39, 0.29) is 12.5 Å². The Labute approximate surface area is 204 Å². The third kappa shape index (κ3) is 4.27. The van der Waals surface area contributed by atoms with Crippen molar-refractivity contribution >= 4 is 44.8 Å². The van der Waals surface area contributed by atoms with E-state index in [4.69, 9.17) is 14.1 Å². The summed E-state index contributed by atoms with van der Waals surface area (Å²) >= 11 is 1.42. The van der Waals surface area contributed by atoms with Crippen molar-refractivity contribution in [2.75, 3.05) is 11.9 Å². The maximum Gasteiger partial charge on any atom is 0.263 e. The number of hydrogen-bond donors (Lipinski definition) is 1. The van der Waals surface area contributed by atoms with Crippen LogP contribution in [0.4, 0.5) is 5.82 Å². The maximum absolute atomic E-state index is 12.7. The lowest BCUT2D eigenvalue weighted by Crippen LogP contribution is -2.21. The van der Waals surface area contributed by atoms with Crippen molar-refractivity contribution in [1.82, 2.24) is 14.8 Å². The molecule has 0 spiro atoms. The monoisotopic (exact) mass is 480 g/mol. The van der Waals surface area contributed by atoms with Crippen LogP contribution >= 0.6 is 11.3 Å². The molecular formula is C27H20N4O3S. The highest BCUT2D eigenvalue weighted by atomic mass is 32.1. The second-order valence-electron chi connectivity index (χ2n) is 8.09. The van der Waals surface area contributed by atoms with Crippen LogP contribution in [0.5, 0.6) is 5.75 Å². The number of nitrogens with one attached hydrogen (secondary N) is 1. The summed E-state index contributed by atoms with van der Waals surface area (Å²) in [5.41, 5.74) is 2.29. The first-order valence-corrected chi connectivity index (χ1v) is 11.9. The molecule has 8 heteroatoms. The first-order chi connectivity index (χ1) is 17.1. The van der Waals surface area contributed by atoms with Crippen LogP contribution in [0, 0.1) is 6.92 Å². The highest BCUT2D eigenvalue weighted by Crippen LogP contribution is 2.30. The zero-order valence-corrected chi connectivity index (χ0v) is 19.6. The third-order valence-electron chi connectivity index (χ3n) is 5.54. The molecule has 0 fully saturated rings. The molecule has 6 rings (SSSR count). The molecule has 1 N–H and O–H groups in total. The number of hydrogen-bond acceptors (Lipinski definition) is 6. The number of nitrogens with zero attached hydrogens (tertiary/aromatic N) is 3. The van der Waals surface area contributed by atoms with Gasteiger partial charge >= 0.3 is 0 Å². The largest absolute Gasteiger partial charge is 0.484 e. The Morgan fingerprint density at radius 2 is 1.80 bits per heavy atom. The molecule has 0 saturated carbocycles. The average molecular weight is 481 g/mol. The molecule has 0 aliphatic rings. The van der Waals surface area contributed by atoms with Crippen molar-refractivity contribution in [3.05, 3.63) is 89.9 Å². The number of ether oxygens (including phenoxy) is 1. The maximum atomic E-state index is 12.7. The molecule has 7 nitrogen and oxygen atoms in total. The van der Waals surface area contributed by atoms with Crippen LogP contribution in [0.2, 0.25) is 0 Å². The quantitative estimate of drug-likeness (QED) is 0.306.